The highest BCUT2D eigenvalue weighted by Crippen LogP contribution is 2.40. The predicted octanol–water partition coefficient (Wildman–Crippen LogP) is 14.1. The van der Waals surface area contributed by atoms with Crippen LogP contribution in [0.25, 0.3) is 122 Å². The van der Waals surface area contributed by atoms with Crippen molar-refractivity contribution in [1.29, 1.82) is 0 Å². The Hall–Kier alpha value is -8.02. The fourth-order valence-corrected chi connectivity index (χ4v) is 8.55. The van der Waals surface area contributed by atoms with Crippen molar-refractivity contribution in [2.45, 2.75) is 0 Å². The normalized spacial score (nSPS) is 11.7. The van der Waals surface area contributed by atoms with Gasteiger partial charge in [0.15, 0.2) is 23.1 Å². The summed E-state index contributed by atoms with van der Waals surface area (Å²) < 4.78 is 6.61. The molecule has 0 radical (unpaired) electrons. The largest absolute Gasteiger partial charge is 0.435 e. The molecule has 0 fully saturated rings. The average molecular weight is 753 g/mol. The third-order valence-corrected chi connectivity index (χ3v) is 11.5. The molecule has 0 atom stereocenters. The maximum Gasteiger partial charge on any atom is 0.227 e. The van der Waals surface area contributed by atoms with Gasteiger partial charge in [0.2, 0.25) is 5.89 Å². The molecule has 5 heteroatoms. The number of oxazole rings is 1. The summed E-state index contributed by atoms with van der Waals surface area (Å²) in [4.78, 5) is 20.4. The second-order valence-corrected chi connectivity index (χ2v) is 15.0. The molecule has 0 unspecified atom stereocenters. The van der Waals surface area contributed by atoms with Gasteiger partial charge in [0.25, 0.3) is 0 Å². The van der Waals surface area contributed by atoms with Gasteiger partial charge in [-0.05, 0) is 84.5 Å². The summed E-state index contributed by atoms with van der Waals surface area (Å²) in [6.07, 6.45) is 0. The highest BCUT2D eigenvalue weighted by Gasteiger charge is 2.18. The van der Waals surface area contributed by atoms with Gasteiger partial charge < -0.3 is 4.42 Å². The van der Waals surface area contributed by atoms with Crippen LogP contribution in [0, 0.1) is 0 Å². The van der Waals surface area contributed by atoms with Gasteiger partial charge in [0, 0.05) is 33.0 Å². The lowest BCUT2D eigenvalue weighted by Crippen LogP contribution is -2.00. The van der Waals surface area contributed by atoms with Crippen LogP contribution in [0.4, 0.5) is 0 Å². The van der Waals surface area contributed by atoms with Crippen LogP contribution in [-0.4, -0.2) is 19.9 Å². The van der Waals surface area contributed by atoms with Crippen LogP contribution in [0.1, 0.15) is 0 Å². The molecular weight excluding hydrogens is 721 g/mol. The van der Waals surface area contributed by atoms with Crippen LogP contribution >= 0.6 is 0 Å². The first-order chi connectivity index (χ1) is 29.2. The maximum atomic E-state index is 6.61. The van der Waals surface area contributed by atoms with E-state index in [0.29, 0.717) is 23.4 Å². The molecular formula is C54H32N4O. The van der Waals surface area contributed by atoms with Gasteiger partial charge in [-0.1, -0.05) is 164 Å². The SMILES string of the molecule is c1ccc(-c2nc3ccc4ccc5ccc6ccc(-c7nc(-c8ccc(-c9cccc%10ccccc9%10)cc8)nc(-c8ccc9ccccc9c8)n7)cc6c5c4c3o2)cc1. The summed E-state index contributed by atoms with van der Waals surface area (Å²) in [5.74, 6) is 2.44. The Morgan fingerprint density at radius 3 is 1.64 bits per heavy atom. The summed E-state index contributed by atoms with van der Waals surface area (Å²) in [7, 11) is 0. The summed E-state index contributed by atoms with van der Waals surface area (Å²) in [5, 5.41) is 11.3. The molecule has 0 saturated heterocycles. The zero-order valence-corrected chi connectivity index (χ0v) is 31.7. The first-order valence-corrected chi connectivity index (χ1v) is 19.8. The number of benzene rings is 10. The van der Waals surface area contributed by atoms with Crippen LogP contribution < -0.4 is 0 Å². The molecule has 0 amide bonds. The Kier molecular flexibility index (Phi) is 7.47. The standard InChI is InChI=1S/C54H32N4O/c1-2-11-40(12-3-1)54-55-47-30-29-38-24-23-37-22-18-36-21-28-43(32-46(36)48(37)49(38)50(47)59-54)53-57-51(56-52(58-53)42-27-17-33-9-4-5-13-41(33)31-42)39-25-19-35(20-26-39)45-16-8-14-34-10-6-7-15-44(34)45/h1-32H. The molecule has 5 nitrogen and oxygen atoms in total. The minimum absolute atomic E-state index is 0.603. The van der Waals surface area contributed by atoms with Crippen molar-refractivity contribution in [2.75, 3.05) is 0 Å². The molecule has 2 aromatic heterocycles. The lowest BCUT2D eigenvalue weighted by molar-refractivity contribution is 0.623. The van der Waals surface area contributed by atoms with Crippen LogP contribution in [-0.2, 0) is 0 Å². The summed E-state index contributed by atoms with van der Waals surface area (Å²) in [6, 6.07) is 67.8. The Morgan fingerprint density at radius 2 is 0.847 bits per heavy atom. The molecule has 2 heterocycles. The average Bonchev–Trinajstić information content (AvgIpc) is 3.76. The molecule has 0 aliphatic rings. The highest BCUT2D eigenvalue weighted by atomic mass is 16.3. The van der Waals surface area contributed by atoms with E-state index in [1.807, 2.05) is 36.4 Å². The van der Waals surface area contributed by atoms with Gasteiger partial charge in [-0.15, -0.1) is 0 Å². The molecule has 0 saturated carbocycles. The van der Waals surface area contributed by atoms with E-state index in [2.05, 4.69) is 158 Å². The monoisotopic (exact) mass is 752 g/mol. The van der Waals surface area contributed by atoms with E-state index >= 15 is 0 Å². The van der Waals surface area contributed by atoms with Gasteiger partial charge in [0.05, 0.1) is 0 Å². The van der Waals surface area contributed by atoms with E-state index in [1.54, 1.807) is 0 Å². The fraction of sp³-hybridized carbons (Fsp3) is 0. The van der Waals surface area contributed by atoms with E-state index in [9.17, 15) is 0 Å². The Bertz CT molecular complexity index is 3600. The number of rotatable bonds is 5. The molecule has 0 aliphatic heterocycles. The molecule has 12 rings (SSSR count). The second kappa shape index (κ2) is 13.3. The van der Waals surface area contributed by atoms with Crippen molar-refractivity contribution in [3.05, 3.63) is 194 Å². The van der Waals surface area contributed by atoms with Gasteiger partial charge >= 0.3 is 0 Å². The van der Waals surface area contributed by atoms with Gasteiger partial charge in [0.1, 0.15) is 5.52 Å². The van der Waals surface area contributed by atoms with Gasteiger partial charge in [-0.3, -0.25) is 0 Å². The zero-order valence-electron chi connectivity index (χ0n) is 31.7. The molecule has 12 aromatic rings. The topological polar surface area (TPSA) is 64.7 Å². The Morgan fingerprint density at radius 1 is 0.305 bits per heavy atom. The minimum atomic E-state index is 0.603. The van der Waals surface area contributed by atoms with Crippen LogP contribution in [0.5, 0.6) is 0 Å². The minimum Gasteiger partial charge on any atom is -0.435 e. The number of nitrogens with zero attached hydrogens (tertiary/aromatic N) is 4. The molecule has 59 heavy (non-hydrogen) atoms. The molecule has 0 N–H and O–H groups in total. The van der Waals surface area contributed by atoms with Crippen molar-refractivity contribution in [3.8, 4) is 56.7 Å². The second-order valence-electron chi connectivity index (χ2n) is 15.0. The predicted molar refractivity (Wildman–Crippen MR) is 242 cm³/mol. The van der Waals surface area contributed by atoms with Crippen LogP contribution in [0.3, 0.4) is 0 Å². The van der Waals surface area contributed by atoms with E-state index in [1.165, 1.54) is 21.7 Å². The smallest absolute Gasteiger partial charge is 0.227 e. The Labute approximate surface area is 338 Å². The van der Waals surface area contributed by atoms with E-state index in [4.69, 9.17) is 24.4 Å². The summed E-state index contributed by atoms with van der Waals surface area (Å²) >= 11 is 0. The van der Waals surface area contributed by atoms with Crippen molar-refractivity contribution in [3.63, 3.8) is 0 Å². The number of aromatic nitrogens is 4. The molecule has 0 bridgehead atoms. The third-order valence-electron chi connectivity index (χ3n) is 11.5. The van der Waals surface area contributed by atoms with Gasteiger partial charge in [-0.25, -0.2) is 19.9 Å². The lowest BCUT2D eigenvalue weighted by atomic mass is 9.94. The van der Waals surface area contributed by atoms with E-state index in [0.717, 1.165) is 76.6 Å². The highest BCUT2D eigenvalue weighted by molar-refractivity contribution is 6.26. The van der Waals surface area contributed by atoms with E-state index < -0.39 is 0 Å². The quantitative estimate of drug-likeness (QED) is 0.164. The van der Waals surface area contributed by atoms with Crippen LogP contribution in [0.2, 0.25) is 0 Å². The van der Waals surface area contributed by atoms with Crippen molar-refractivity contribution >= 4 is 65.0 Å². The third kappa shape index (κ3) is 5.63. The van der Waals surface area contributed by atoms with Gasteiger partial charge in [-0.2, -0.15) is 0 Å². The van der Waals surface area contributed by atoms with Crippen molar-refractivity contribution in [2.24, 2.45) is 0 Å². The molecule has 10 aromatic carbocycles. The first-order valence-electron chi connectivity index (χ1n) is 19.8. The number of hydrogen-bond donors (Lipinski definition) is 0. The maximum absolute atomic E-state index is 6.61. The van der Waals surface area contributed by atoms with Crippen molar-refractivity contribution in [1.82, 2.24) is 19.9 Å². The summed E-state index contributed by atoms with van der Waals surface area (Å²) in [5.41, 5.74) is 7.62. The summed E-state index contributed by atoms with van der Waals surface area (Å²) in [6.45, 7) is 0. The first kappa shape index (κ1) is 33.2. The fourth-order valence-electron chi connectivity index (χ4n) is 8.55. The number of hydrogen-bond acceptors (Lipinski definition) is 5. The van der Waals surface area contributed by atoms with Crippen LogP contribution in [0.15, 0.2) is 199 Å². The van der Waals surface area contributed by atoms with E-state index in [-0.39, 0.29) is 0 Å². The zero-order chi connectivity index (χ0) is 38.9. The molecule has 274 valence electrons. The lowest BCUT2D eigenvalue weighted by Gasteiger charge is -2.12. The number of fused-ring (bicyclic) bond motifs is 9. The molecule has 0 aliphatic carbocycles. The Balaban J connectivity index is 1.05. The van der Waals surface area contributed by atoms with Crippen molar-refractivity contribution < 1.29 is 4.42 Å². The molecule has 0 spiro atoms.